The third kappa shape index (κ3) is 5.03. The first-order valence-corrected chi connectivity index (χ1v) is 9.30. The number of ether oxygens (including phenoxy) is 2. The number of nitriles is 1. The molecule has 0 amide bonds. The molecule has 3 rings (SSSR count). The van der Waals surface area contributed by atoms with E-state index in [9.17, 15) is 10.1 Å². The van der Waals surface area contributed by atoms with Gasteiger partial charge in [-0.25, -0.2) is 4.79 Å². The van der Waals surface area contributed by atoms with Gasteiger partial charge in [0.05, 0.1) is 19.3 Å². The lowest BCUT2D eigenvalue weighted by Gasteiger charge is -2.03. The first kappa shape index (κ1) is 20.6. The third-order valence-corrected chi connectivity index (χ3v) is 4.31. The highest BCUT2D eigenvalue weighted by Crippen LogP contribution is 2.26. The number of nitrogens with zero attached hydrogens (tertiary/aromatic N) is 3. The molecule has 30 heavy (non-hydrogen) atoms. The van der Waals surface area contributed by atoms with Crippen LogP contribution < -0.4 is 4.74 Å². The van der Waals surface area contributed by atoms with Crippen molar-refractivity contribution in [1.29, 1.82) is 5.26 Å². The smallest absolute Gasteiger partial charge is 0.349 e. The van der Waals surface area contributed by atoms with Crippen LogP contribution in [0.3, 0.4) is 0 Å². The average molecular weight is 399 g/mol. The Hall–Kier alpha value is -4.11. The SMILES string of the molecule is C=CCOC(=O)/C(C#N)=C/c1cn(Cc2ccccc2)nc1-c1ccc(OC)cc1. The first-order chi connectivity index (χ1) is 14.6. The van der Waals surface area contributed by atoms with Crippen molar-refractivity contribution in [2.45, 2.75) is 6.54 Å². The minimum atomic E-state index is -0.700. The second kappa shape index (κ2) is 9.89. The molecule has 1 heterocycles. The van der Waals surface area contributed by atoms with E-state index in [1.807, 2.05) is 66.9 Å². The standard InChI is InChI=1S/C24H21N3O3/c1-3-13-30-24(28)20(15-25)14-21-17-27(16-18-7-5-4-6-8-18)26-23(21)19-9-11-22(29-2)12-10-19/h3-12,14,17H,1,13,16H2,2H3/b20-14+. The van der Waals surface area contributed by atoms with Gasteiger partial charge in [-0.3, -0.25) is 4.68 Å². The van der Waals surface area contributed by atoms with Gasteiger partial charge in [0, 0.05) is 17.3 Å². The minimum absolute atomic E-state index is 0.0382. The molecule has 0 unspecified atom stereocenters. The van der Waals surface area contributed by atoms with Crippen molar-refractivity contribution < 1.29 is 14.3 Å². The summed E-state index contributed by atoms with van der Waals surface area (Å²) in [5.41, 5.74) is 3.11. The molecule has 3 aromatic rings. The average Bonchev–Trinajstić information content (AvgIpc) is 3.18. The molecule has 6 nitrogen and oxygen atoms in total. The maximum absolute atomic E-state index is 12.2. The van der Waals surface area contributed by atoms with E-state index in [2.05, 4.69) is 6.58 Å². The molecular formula is C24H21N3O3. The summed E-state index contributed by atoms with van der Waals surface area (Å²) in [5, 5.41) is 14.1. The van der Waals surface area contributed by atoms with Crippen molar-refractivity contribution in [1.82, 2.24) is 9.78 Å². The Morgan fingerprint density at radius 3 is 2.57 bits per heavy atom. The normalized spacial score (nSPS) is 10.9. The summed E-state index contributed by atoms with van der Waals surface area (Å²) >= 11 is 0. The molecule has 0 saturated heterocycles. The maximum Gasteiger partial charge on any atom is 0.349 e. The second-order valence-corrected chi connectivity index (χ2v) is 6.40. The highest BCUT2D eigenvalue weighted by atomic mass is 16.5. The molecule has 0 fully saturated rings. The molecule has 0 radical (unpaired) electrons. The van der Waals surface area contributed by atoms with Crippen molar-refractivity contribution in [3.8, 4) is 23.1 Å². The summed E-state index contributed by atoms with van der Waals surface area (Å²) < 4.78 is 12.0. The van der Waals surface area contributed by atoms with E-state index in [1.54, 1.807) is 11.8 Å². The number of methoxy groups -OCH3 is 1. The van der Waals surface area contributed by atoms with Crippen molar-refractivity contribution in [3.05, 3.63) is 90.1 Å². The predicted octanol–water partition coefficient (Wildman–Crippen LogP) is 4.24. The van der Waals surface area contributed by atoms with Gasteiger partial charge in [0.2, 0.25) is 0 Å². The molecule has 0 aliphatic rings. The van der Waals surface area contributed by atoms with E-state index in [0.717, 1.165) is 16.9 Å². The number of benzene rings is 2. The largest absolute Gasteiger partial charge is 0.497 e. The van der Waals surface area contributed by atoms with Crippen LogP contribution in [0.4, 0.5) is 0 Å². The molecule has 2 aromatic carbocycles. The molecule has 6 heteroatoms. The summed E-state index contributed by atoms with van der Waals surface area (Å²) in [6, 6.07) is 19.3. The van der Waals surface area contributed by atoms with Gasteiger partial charge in [-0.2, -0.15) is 10.4 Å². The van der Waals surface area contributed by atoms with Gasteiger partial charge in [0.1, 0.15) is 24.0 Å². The Morgan fingerprint density at radius 2 is 1.93 bits per heavy atom. The zero-order valence-electron chi connectivity index (χ0n) is 16.6. The maximum atomic E-state index is 12.2. The molecule has 0 aliphatic heterocycles. The number of hydrogen-bond acceptors (Lipinski definition) is 5. The van der Waals surface area contributed by atoms with E-state index >= 15 is 0 Å². The molecule has 0 aliphatic carbocycles. The topological polar surface area (TPSA) is 77.1 Å². The second-order valence-electron chi connectivity index (χ2n) is 6.40. The minimum Gasteiger partial charge on any atom is -0.497 e. The number of carbonyl (C=O) groups is 1. The summed E-state index contributed by atoms with van der Waals surface area (Å²) in [5.74, 6) is 0.0270. The van der Waals surface area contributed by atoms with E-state index in [-0.39, 0.29) is 12.2 Å². The molecule has 0 atom stereocenters. The van der Waals surface area contributed by atoms with E-state index in [4.69, 9.17) is 14.6 Å². The monoisotopic (exact) mass is 399 g/mol. The van der Waals surface area contributed by atoms with Crippen LogP contribution >= 0.6 is 0 Å². The van der Waals surface area contributed by atoms with Crippen molar-refractivity contribution >= 4 is 12.0 Å². The Kier molecular flexibility index (Phi) is 6.80. The Bertz CT molecular complexity index is 1090. The van der Waals surface area contributed by atoms with Gasteiger partial charge < -0.3 is 9.47 Å². The Labute approximate surface area is 175 Å². The number of aromatic nitrogens is 2. The molecule has 0 saturated carbocycles. The molecular weight excluding hydrogens is 378 g/mol. The fraction of sp³-hybridized carbons (Fsp3) is 0.125. The lowest BCUT2D eigenvalue weighted by atomic mass is 10.1. The Morgan fingerprint density at radius 1 is 1.20 bits per heavy atom. The molecule has 150 valence electrons. The summed E-state index contributed by atoms with van der Waals surface area (Å²) in [6.07, 6.45) is 4.76. The lowest BCUT2D eigenvalue weighted by Crippen LogP contribution is -2.06. The van der Waals surface area contributed by atoms with Crippen LogP contribution in [0.1, 0.15) is 11.1 Å². The van der Waals surface area contributed by atoms with Crippen molar-refractivity contribution in [2.24, 2.45) is 0 Å². The van der Waals surface area contributed by atoms with Crippen LogP contribution in [0, 0.1) is 11.3 Å². The molecule has 0 N–H and O–H groups in total. The van der Waals surface area contributed by atoms with Gasteiger partial charge in [0.25, 0.3) is 0 Å². The van der Waals surface area contributed by atoms with Gasteiger partial charge in [-0.05, 0) is 35.9 Å². The molecule has 1 aromatic heterocycles. The van der Waals surface area contributed by atoms with Crippen LogP contribution in [-0.2, 0) is 16.1 Å². The summed E-state index contributed by atoms with van der Waals surface area (Å²) in [7, 11) is 1.60. The van der Waals surface area contributed by atoms with Crippen LogP contribution in [0.15, 0.2) is 79.0 Å². The highest BCUT2D eigenvalue weighted by Gasteiger charge is 2.15. The Balaban J connectivity index is 2.02. The lowest BCUT2D eigenvalue weighted by molar-refractivity contribution is -0.137. The zero-order chi connectivity index (χ0) is 21.3. The van der Waals surface area contributed by atoms with E-state index in [0.29, 0.717) is 17.8 Å². The first-order valence-electron chi connectivity index (χ1n) is 9.30. The highest BCUT2D eigenvalue weighted by molar-refractivity contribution is 5.98. The van der Waals surface area contributed by atoms with Crippen LogP contribution in [0.2, 0.25) is 0 Å². The summed E-state index contributed by atoms with van der Waals surface area (Å²) in [4.78, 5) is 12.2. The number of esters is 1. The molecule has 0 bridgehead atoms. The van der Waals surface area contributed by atoms with Crippen LogP contribution in [0.5, 0.6) is 5.75 Å². The van der Waals surface area contributed by atoms with Gasteiger partial charge in [-0.15, -0.1) is 0 Å². The van der Waals surface area contributed by atoms with E-state index < -0.39 is 5.97 Å². The number of carbonyl (C=O) groups excluding carboxylic acids is 1. The number of rotatable bonds is 8. The quantitative estimate of drug-likeness (QED) is 0.245. The van der Waals surface area contributed by atoms with Crippen LogP contribution in [0.25, 0.3) is 17.3 Å². The van der Waals surface area contributed by atoms with E-state index in [1.165, 1.54) is 12.2 Å². The number of hydrogen-bond donors (Lipinski definition) is 0. The van der Waals surface area contributed by atoms with Crippen LogP contribution in [-0.4, -0.2) is 29.5 Å². The van der Waals surface area contributed by atoms with Gasteiger partial charge >= 0.3 is 5.97 Å². The molecule has 0 spiro atoms. The summed E-state index contributed by atoms with van der Waals surface area (Å²) in [6.45, 7) is 4.10. The fourth-order valence-corrected chi connectivity index (χ4v) is 2.87. The van der Waals surface area contributed by atoms with Crippen molar-refractivity contribution in [2.75, 3.05) is 13.7 Å². The van der Waals surface area contributed by atoms with Crippen molar-refractivity contribution in [3.63, 3.8) is 0 Å². The third-order valence-electron chi connectivity index (χ3n) is 4.31. The zero-order valence-corrected chi connectivity index (χ0v) is 16.6. The fourth-order valence-electron chi connectivity index (χ4n) is 2.87. The van der Waals surface area contributed by atoms with Gasteiger partial charge in [0.15, 0.2) is 0 Å². The van der Waals surface area contributed by atoms with Gasteiger partial charge in [-0.1, -0.05) is 43.0 Å². The predicted molar refractivity (Wildman–Crippen MR) is 115 cm³/mol.